The molecule has 0 amide bonds. The van der Waals surface area contributed by atoms with Crippen LogP contribution in [-0.2, 0) is 6.54 Å². The molecule has 0 aliphatic rings. The second-order valence-corrected chi connectivity index (χ2v) is 7.62. The van der Waals surface area contributed by atoms with Crippen LogP contribution in [0.2, 0.25) is 0 Å². The molecule has 0 radical (unpaired) electrons. The van der Waals surface area contributed by atoms with E-state index in [0.29, 0.717) is 0 Å². The fraction of sp³-hybridized carbons (Fsp3) is 0.480. The number of nitrogens with zero attached hydrogens (tertiary/aromatic N) is 1. The number of hydrogen-bond donors (Lipinski definition) is 0. The Hall–Kier alpha value is -1.89. The van der Waals surface area contributed by atoms with Crippen molar-refractivity contribution in [1.29, 1.82) is 0 Å². The average molecular weight is 353 g/mol. The predicted molar refractivity (Wildman–Crippen MR) is 115 cm³/mol. The highest BCUT2D eigenvalue weighted by atomic mass is 14.9. The van der Waals surface area contributed by atoms with Crippen molar-refractivity contribution in [2.45, 2.75) is 79.7 Å². The lowest BCUT2D eigenvalue weighted by Crippen LogP contribution is -2.31. The van der Waals surface area contributed by atoms with E-state index < -0.39 is 0 Å². The van der Waals surface area contributed by atoms with E-state index in [2.05, 4.69) is 94.1 Å². The number of hydrogen-bond acceptors (Lipinski definition) is 0. The largest absolute Gasteiger partial charge is 0.201 e. The first-order valence-electron chi connectivity index (χ1n) is 10.0. The topological polar surface area (TPSA) is 3.88 Å². The minimum atomic E-state index is 0.964. The molecule has 1 aromatic rings. The molecular weight excluding hydrogens is 314 g/mol. The highest BCUT2D eigenvalue weighted by molar-refractivity contribution is 5.06. The van der Waals surface area contributed by atoms with Gasteiger partial charge in [0, 0.05) is 12.1 Å². The van der Waals surface area contributed by atoms with Crippen molar-refractivity contribution in [2.75, 3.05) is 0 Å². The third-order valence-electron chi connectivity index (χ3n) is 4.58. The summed E-state index contributed by atoms with van der Waals surface area (Å²) >= 11 is 0. The Kier molecular flexibility index (Phi) is 11.4. The molecule has 0 aliphatic carbocycles. The molecule has 0 aliphatic heterocycles. The number of rotatable bonds is 11. The van der Waals surface area contributed by atoms with Gasteiger partial charge >= 0.3 is 0 Å². The van der Waals surface area contributed by atoms with Gasteiger partial charge in [0.1, 0.15) is 0 Å². The molecule has 142 valence electrons. The summed E-state index contributed by atoms with van der Waals surface area (Å²) in [5.74, 6) is 0. The molecule has 1 aromatic heterocycles. The zero-order chi connectivity index (χ0) is 19.2. The highest BCUT2D eigenvalue weighted by Gasteiger charge is 1.96. The first-order chi connectivity index (χ1) is 12.5. The van der Waals surface area contributed by atoms with E-state index in [0.717, 1.165) is 19.4 Å². The number of pyridine rings is 1. The van der Waals surface area contributed by atoms with Crippen LogP contribution in [0.1, 0.15) is 73.1 Å². The third kappa shape index (κ3) is 11.6. The van der Waals surface area contributed by atoms with E-state index in [-0.39, 0.29) is 0 Å². The van der Waals surface area contributed by atoms with Crippen LogP contribution in [0.3, 0.4) is 0 Å². The fourth-order valence-electron chi connectivity index (χ4n) is 2.80. The first kappa shape index (κ1) is 22.2. The van der Waals surface area contributed by atoms with Crippen molar-refractivity contribution >= 4 is 0 Å². The summed E-state index contributed by atoms with van der Waals surface area (Å²) in [5.41, 5.74) is 5.93. The summed E-state index contributed by atoms with van der Waals surface area (Å²) < 4.78 is 2.21. The van der Waals surface area contributed by atoms with Gasteiger partial charge in [0.25, 0.3) is 0 Å². The van der Waals surface area contributed by atoms with Crippen molar-refractivity contribution < 1.29 is 4.57 Å². The quantitative estimate of drug-likeness (QED) is 0.295. The van der Waals surface area contributed by atoms with Gasteiger partial charge in [-0.25, -0.2) is 4.57 Å². The maximum absolute atomic E-state index is 2.42. The standard InChI is InChI=1S/C25H38N/c1-22(2)12-9-13-23(3)14-10-15-24(4)16-11-17-25(5)18-21-26-19-7-6-8-20-26/h6-8,12,14,16,18-20H,9-11,13,15,17,21H2,1-5H3/q+1/b23-14+,24-16+,25-18+. The van der Waals surface area contributed by atoms with Crippen molar-refractivity contribution in [1.82, 2.24) is 0 Å². The van der Waals surface area contributed by atoms with Crippen LogP contribution in [-0.4, -0.2) is 0 Å². The van der Waals surface area contributed by atoms with Crippen LogP contribution in [0.15, 0.2) is 77.2 Å². The number of allylic oxidation sites excluding steroid dienone is 8. The molecular formula is C25H38N+. The summed E-state index contributed by atoms with van der Waals surface area (Å²) in [6.07, 6.45) is 20.7. The van der Waals surface area contributed by atoms with Gasteiger partial charge in [-0.15, -0.1) is 0 Å². The normalized spacial score (nSPS) is 13.0. The summed E-state index contributed by atoms with van der Waals surface area (Å²) in [7, 11) is 0. The highest BCUT2D eigenvalue weighted by Crippen LogP contribution is 2.13. The molecule has 0 saturated carbocycles. The summed E-state index contributed by atoms with van der Waals surface area (Å²) in [5, 5.41) is 0. The third-order valence-corrected chi connectivity index (χ3v) is 4.58. The van der Waals surface area contributed by atoms with Crippen molar-refractivity contribution in [3.8, 4) is 0 Å². The van der Waals surface area contributed by atoms with Crippen LogP contribution in [0.25, 0.3) is 0 Å². The van der Waals surface area contributed by atoms with Gasteiger partial charge in [-0.1, -0.05) is 46.6 Å². The van der Waals surface area contributed by atoms with Gasteiger partial charge in [0.2, 0.25) is 0 Å². The van der Waals surface area contributed by atoms with Crippen LogP contribution < -0.4 is 4.57 Å². The Morgan fingerprint density at radius 2 is 1.08 bits per heavy atom. The lowest BCUT2D eigenvalue weighted by molar-refractivity contribution is -0.687. The maximum Gasteiger partial charge on any atom is 0.169 e. The van der Waals surface area contributed by atoms with E-state index in [4.69, 9.17) is 0 Å². The molecule has 0 saturated heterocycles. The molecule has 1 nitrogen and oxygen atoms in total. The Labute approximate surface area is 161 Å². The van der Waals surface area contributed by atoms with Gasteiger partial charge in [0.05, 0.1) is 0 Å². The van der Waals surface area contributed by atoms with Crippen LogP contribution in [0, 0.1) is 0 Å². The maximum atomic E-state index is 2.42. The smallest absolute Gasteiger partial charge is 0.169 e. The van der Waals surface area contributed by atoms with E-state index in [1.807, 2.05) is 0 Å². The van der Waals surface area contributed by atoms with Gasteiger partial charge < -0.3 is 0 Å². The van der Waals surface area contributed by atoms with E-state index in [1.165, 1.54) is 48.0 Å². The SMILES string of the molecule is CC(C)=CCC/C(C)=C/CC/C(C)=C/CC/C(C)=C/C[n+]1ccccc1. The first-order valence-corrected chi connectivity index (χ1v) is 10.0. The molecule has 1 rings (SSSR count). The molecule has 0 bridgehead atoms. The minimum absolute atomic E-state index is 0.964. The summed E-state index contributed by atoms with van der Waals surface area (Å²) in [6, 6.07) is 6.21. The molecule has 0 atom stereocenters. The van der Waals surface area contributed by atoms with Crippen LogP contribution >= 0.6 is 0 Å². The predicted octanol–water partition coefficient (Wildman–Crippen LogP) is 7.12. The molecule has 0 spiro atoms. The minimum Gasteiger partial charge on any atom is -0.201 e. The average Bonchev–Trinajstić information content (AvgIpc) is 2.60. The summed E-state index contributed by atoms with van der Waals surface area (Å²) in [4.78, 5) is 0. The van der Waals surface area contributed by atoms with Gasteiger partial charge in [0.15, 0.2) is 18.9 Å². The van der Waals surface area contributed by atoms with Crippen LogP contribution in [0.5, 0.6) is 0 Å². The van der Waals surface area contributed by atoms with Gasteiger partial charge in [-0.3, -0.25) is 0 Å². The fourth-order valence-corrected chi connectivity index (χ4v) is 2.80. The number of aromatic nitrogens is 1. The van der Waals surface area contributed by atoms with Gasteiger partial charge in [-0.05, 0) is 79.2 Å². The second kappa shape index (κ2) is 13.3. The lowest BCUT2D eigenvalue weighted by Gasteiger charge is -2.02. The molecule has 0 unspecified atom stereocenters. The van der Waals surface area contributed by atoms with Crippen molar-refractivity contribution in [3.05, 3.63) is 77.2 Å². The monoisotopic (exact) mass is 352 g/mol. The van der Waals surface area contributed by atoms with Gasteiger partial charge in [-0.2, -0.15) is 0 Å². The molecule has 0 fully saturated rings. The molecule has 26 heavy (non-hydrogen) atoms. The zero-order valence-electron chi connectivity index (χ0n) is 17.6. The Morgan fingerprint density at radius 1 is 0.615 bits per heavy atom. The second-order valence-electron chi connectivity index (χ2n) is 7.62. The van der Waals surface area contributed by atoms with E-state index in [1.54, 1.807) is 0 Å². The summed E-state index contributed by atoms with van der Waals surface area (Å²) in [6.45, 7) is 12.1. The molecule has 0 aromatic carbocycles. The van der Waals surface area contributed by atoms with Crippen molar-refractivity contribution in [2.24, 2.45) is 0 Å². The van der Waals surface area contributed by atoms with Crippen LogP contribution in [0.4, 0.5) is 0 Å². The molecule has 0 N–H and O–H groups in total. The molecule has 1 heterocycles. The Balaban J connectivity index is 2.25. The molecule has 1 heteroatoms. The van der Waals surface area contributed by atoms with Crippen molar-refractivity contribution in [3.63, 3.8) is 0 Å². The zero-order valence-corrected chi connectivity index (χ0v) is 17.6. The van der Waals surface area contributed by atoms with E-state index >= 15 is 0 Å². The Morgan fingerprint density at radius 3 is 1.58 bits per heavy atom. The Bertz CT molecular complexity index is 625. The lowest BCUT2D eigenvalue weighted by atomic mass is 10.0. The van der Waals surface area contributed by atoms with E-state index in [9.17, 15) is 0 Å².